The second-order valence-electron chi connectivity index (χ2n) is 5.21. The molecule has 1 aliphatic carbocycles. The number of aryl methyl sites for hydroxylation is 1. The Labute approximate surface area is 128 Å². The van der Waals surface area contributed by atoms with Crippen LogP contribution in [0, 0.1) is 18.3 Å². The number of pyridine rings is 1. The van der Waals surface area contributed by atoms with E-state index in [0.29, 0.717) is 11.1 Å². The number of hydrazine groups is 1. The minimum absolute atomic E-state index is 0.0175. The van der Waals surface area contributed by atoms with E-state index in [2.05, 4.69) is 16.5 Å². The van der Waals surface area contributed by atoms with Gasteiger partial charge in [-0.15, -0.1) is 0 Å². The van der Waals surface area contributed by atoms with E-state index in [4.69, 9.17) is 17.3 Å². The summed E-state index contributed by atoms with van der Waals surface area (Å²) < 4.78 is 0. The van der Waals surface area contributed by atoms with Gasteiger partial charge in [-0.05, 0) is 31.4 Å². The zero-order valence-corrected chi connectivity index (χ0v) is 12.7. The Balaban J connectivity index is 2.29. The molecule has 0 bridgehead atoms. The van der Waals surface area contributed by atoms with Crippen molar-refractivity contribution in [2.75, 3.05) is 5.43 Å². The number of halogens is 1. The van der Waals surface area contributed by atoms with Gasteiger partial charge in [-0.3, -0.25) is 5.43 Å². The van der Waals surface area contributed by atoms with Gasteiger partial charge in [0.2, 0.25) is 0 Å². The molecule has 1 heterocycles. The highest BCUT2D eigenvalue weighted by atomic mass is 35.5. The molecule has 1 aliphatic rings. The van der Waals surface area contributed by atoms with E-state index in [9.17, 15) is 10.1 Å². The van der Waals surface area contributed by atoms with Crippen molar-refractivity contribution in [3.05, 3.63) is 22.3 Å². The van der Waals surface area contributed by atoms with Gasteiger partial charge < -0.3 is 5.73 Å². The standard InChI is InChI=1S/C14H18ClN5O/c1-9-7-12(15)18-13(11(9)8-16)19-20(14(17)21)10-5-3-2-4-6-10/h7,10H,2-6H2,1H3,(H2,17,21)(H,18,19). The molecule has 112 valence electrons. The number of nitrogens with zero attached hydrogens (tertiary/aromatic N) is 3. The first kappa shape index (κ1) is 15.4. The summed E-state index contributed by atoms with van der Waals surface area (Å²) in [5.41, 5.74) is 9.42. The highest BCUT2D eigenvalue weighted by molar-refractivity contribution is 6.29. The van der Waals surface area contributed by atoms with Crippen LogP contribution in [0.3, 0.4) is 0 Å². The summed E-state index contributed by atoms with van der Waals surface area (Å²) in [6.45, 7) is 1.77. The van der Waals surface area contributed by atoms with E-state index in [1.807, 2.05) is 0 Å². The number of anilines is 1. The first-order valence-corrected chi connectivity index (χ1v) is 7.33. The number of aromatic nitrogens is 1. The number of amides is 2. The SMILES string of the molecule is Cc1cc(Cl)nc(NN(C(N)=O)C2CCCCC2)c1C#N. The number of rotatable bonds is 3. The molecule has 0 radical (unpaired) electrons. The topological polar surface area (TPSA) is 95.0 Å². The molecule has 1 saturated carbocycles. The number of nitrogens with two attached hydrogens (primary N) is 1. The molecule has 7 heteroatoms. The largest absolute Gasteiger partial charge is 0.350 e. The van der Waals surface area contributed by atoms with Crippen LogP contribution < -0.4 is 11.2 Å². The fourth-order valence-electron chi connectivity index (χ4n) is 2.63. The number of urea groups is 1. The number of carbonyl (C=O) groups excluding carboxylic acids is 1. The van der Waals surface area contributed by atoms with Crippen LogP contribution in [0.25, 0.3) is 0 Å². The normalized spacial score (nSPS) is 15.3. The smallest absolute Gasteiger partial charge is 0.333 e. The lowest BCUT2D eigenvalue weighted by Crippen LogP contribution is -2.48. The van der Waals surface area contributed by atoms with Crippen LogP contribution in [-0.2, 0) is 0 Å². The van der Waals surface area contributed by atoms with Crippen molar-refractivity contribution in [1.82, 2.24) is 9.99 Å². The molecule has 21 heavy (non-hydrogen) atoms. The Morgan fingerprint density at radius 3 is 2.76 bits per heavy atom. The zero-order chi connectivity index (χ0) is 15.4. The third-order valence-corrected chi connectivity index (χ3v) is 3.89. The number of hydrogen-bond acceptors (Lipinski definition) is 4. The van der Waals surface area contributed by atoms with Crippen molar-refractivity contribution >= 4 is 23.4 Å². The van der Waals surface area contributed by atoms with E-state index in [1.165, 1.54) is 11.4 Å². The van der Waals surface area contributed by atoms with Gasteiger partial charge >= 0.3 is 6.03 Å². The maximum absolute atomic E-state index is 11.7. The quantitative estimate of drug-likeness (QED) is 0.663. The molecule has 3 N–H and O–H groups in total. The lowest BCUT2D eigenvalue weighted by Gasteiger charge is -2.33. The van der Waals surface area contributed by atoms with Crippen molar-refractivity contribution in [2.24, 2.45) is 5.73 Å². The van der Waals surface area contributed by atoms with E-state index >= 15 is 0 Å². The molecule has 0 unspecified atom stereocenters. The summed E-state index contributed by atoms with van der Waals surface area (Å²) in [6.07, 6.45) is 5.06. The lowest BCUT2D eigenvalue weighted by atomic mass is 9.95. The predicted octanol–water partition coefficient (Wildman–Crippen LogP) is 2.96. The van der Waals surface area contributed by atoms with Crippen LogP contribution in [0.2, 0.25) is 5.15 Å². The van der Waals surface area contributed by atoms with Crippen molar-refractivity contribution in [3.8, 4) is 6.07 Å². The van der Waals surface area contributed by atoms with Gasteiger partial charge in [0, 0.05) is 0 Å². The van der Waals surface area contributed by atoms with Crippen LogP contribution in [0.15, 0.2) is 6.07 Å². The average Bonchev–Trinajstić information content (AvgIpc) is 2.45. The van der Waals surface area contributed by atoms with Gasteiger partial charge in [0.05, 0.1) is 11.6 Å². The highest BCUT2D eigenvalue weighted by Gasteiger charge is 2.25. The third-order valence-electron chi connectivity index (χ3n) is 3.70. The Bertz CT molecular complexity index is 577. The molecule has 1 aromatic rings. The van der Waals surface area contributed by atoms with Gasteiger partial charge in [0.15, 0.2) is 5.82 Å². The maximum Gasteiger partial charge on any atom is 0.333 e. The van der Waals surface area contributed by atoms with Crippen LogP contribution >= 0.6 is 11.6 Å². The summed E-state index contributed by atoms with van der Waals surface area (Å²) >= 11 is 5.93. The van der Waals surface area contributed by atoms with Crippen LogP contribution in [0.1, 0.15) is 43.2 Å². The van der Waals surface area contributed by atoms with Gasteiger partial charge in [-0.25, -0.2) is 14.8 Å². The number of nitriles is 1. The van der Waals surface area contributed by atoms with Gasteiger partial charge in [-0.1, -0.05) is 30.9 Å². The number of primary amides is 1. The van der Waals surface area contributed by atoms with Crippen molar-refractivity contribution in [3.63, 3.8) is 0 Å². The molecule has 6 nitrogen and oxygen atoms in total. The molecule has 1 fully saturated rings. The Kier molecular flexibility index (Phi) is 4.86. The number of hydrogen-bond donors (Lipinski definition) is 2. The summed E-state index contributed by atoms with van der Waals surface area (Å²) in [4.78, 5) is 15.8. The number of carbonyl (C=O) groups is 1. The second kappa shape index (κ2) is 6.64. The first-order chi connectivity index (χ1) is 10.0. The maximum atomic E-state index is 11.7. The molecule has 1 aromatic heterocycles. The minimum Gasteiger partial charge on any atom is -0.350 e. The average molecular weight is 308 g/mol. The van der Waals surface area contributed by atoms with Crippen molar-refractivity contribution in [2.45, 2.75) is 45.1 Å². The van der Waals surface area contributed by atoms with Gasteiger partial charge in [0.1, 0.15) is 11.2 Å². The molecule has 0 atom stereocenters. The zero-order valence-electron chi connectivity index (χ0n) is 11.9. The molecule has 0 aromatic carbocycles. The van der Waals surface area contributed by atoms with Crippen molar-refractivity contribution < 1.29 is 4.79 Å². The molecule has 0 aliphatic heterocycles. The lowest BCUT2D eigenvalue weighted by molar-refractivity contribution is 0.181. The van der Waals surface area contributed by atoms with Crippen molar-refractivity contribution in [1.29, 1.82) is 5.26 Å². The summed E-state index contributed by atoms with van der Waals surface area (Å²) in [5, 5.41) is 10.9. The summed E-state index contributed by atoms with van der Waals surface area (Å²) in [6, 6.07) is 3.13. The van der Waals surface area contributed by atoms with Crippen LogP contribution in [0.5, 0.6) is 0 Å². The van der Waals surface area contributed by atoms with E-state index in [0.717, 1.165) is 25.7 Å². The molecular weight excluding hydrogens is 290 g/mol. The Hall–Kier alpha value is -2.00. The Morgan fingerprint density at radius 2 is 2.19 bits per heavy atom. The fourth-order valence-corrected chi connectivity index (χ4v) is 2.88. The van der Waals surface area contributed by atoms with E-state index in [-0.39, 0.29) is 17.0 Å². The highest BCUT2D eigenvalue weighted by Crippen LogP contribution is 2.25. The van der Waals surface area contributed by atoms with Gasteiger partial charge in [-0.2, -0.15) is 5.26 Å². The fraction of sp³-hybridized carbons (Fsp3) is 0.500. The molecular formula is C14H18ClN5O. The second-order valence-corrected chi connectivity index (χ2v) is 5.60. The first-order valence-electron chi connectivity index (χ1n) is 6.95. The van der Waals surface area contributed by atoms with Crippen LogP contribution in [0.4, 0.5) is 10.6 Å². The molecule has 2 amide bonds. The third kappa shape index (κ3) is 3.56. The summed E-state index contributed by atoms with van der Waals surface area (Å²) in [7, 11) is 0. The molecule has 0 saturated heterocycles. The van der Waals surface area contributed by atoms with Crippen LogP contribution in [-0.4, -0.2) is 22.1 Å². The minimum atomic E-state index is -0.579. The number of nitrogens with one attached hydrogen (secondary N) is 1. The molecule has 2 rings (SSSR count). The van der Waals surface area contributed by atoms with E-state index in [1.54, 1.807) is 13.0 Å². The summed E-state index contributed by atoms with van der Waals surface area (Å²) in [5.74, 6) is 0.270. The molecule has 0 spiro atoms. The Morgan fingerprint density at radius 1 is 1.52 bits per heavy atom. The van der Waals surface area contributed by atoms with E-state index < -0.39 is 6.03 Å². The predicted molar refractivity (Wildman–Crippen MR) is 80.6 cm³/mol. The monoisotopic (exact) mass is 307 g/mol. The van der Waals surface area contributed by atoms with Gasteiger partial charge in [0.25, 0.3) is 0 Å².